The van der Waals surface area contributed by atoms with Gasteiger partial charge < -0.3 is 4.74 Å². The fourth-order valence-corrected chi connectivity index (χ4v) is 2.52. The summed E-state index contributed by atoms with van der Waals surface area (Å²) in [6.45, 7) is 0.414. The van der Waals surface area contributed by atoms with Crippen molar-refractivity contribution in [2.45, 2.75) is 6.61 Å². The number of carbonyl (C=O) groups excluding carboxylic acids is 1. The van der Waals surface area contributed by atoms with Crippen LogP contribution in [0.3, 0.4) is 0 Å². The molecule has 0 aliphatic heterocycles. The molecule has 0 saturated heterocycles. The summed E-state index contributed by atoms with van der Waals surface area (Å²) >= 11 is 5.85. The molecule has 5 nitrogen and oxygen atoms in total. The fourth-order valence-electron chi connectivity index (χ4n) is 2.39. The second-order valence-electron chi connectivity index (χ2n) is 5.99. The van der Waals surface area contributed by atoms with Crippen molar-refractivity contribution in [1.29, 1.82) is 5.26 Å². The molecule has 0 aliphatic rings. The van der Waals surface area contributed by atoms with Gasteiger partial charge in [-0.25, -0.2) is 9.82 Å². The Morgan fingerprint density at radius 1 is 1.14 bits per heavy atom. The Balaban J connectivity index is 1.54. The van der Waals surface area contributed by atoms with Crippen molar-refractivity contribution in [3.63, 3.8) is 0 Å². The van der Waals surface area contributed by atoms with E-state index in [1.54, 1.807) is 42.5 Å². The summed E-state index contributed by atoms with van der Waals surface area (Å²) in [7, 11) is 0. The number of halogens is 2. The monoisotopic (exact) mass is 407 g/mol. The van der Waals surface area contributed by atoms with Crippen LogP contribution in [0.25, 0.3) is 0 Å². The van der Waals surface area contributed by atoms with Crippen molar-refractivity contribution >= 4 is 23.7 Å². The summed E-state index contributed by atoms with van der Waals surface area (Å²) in [5, 5.41) is 13.2. The molecule has 3 aromatic carbocycles. The lowest BCUT2D eigenvalue weighted by Crippen LogP contribution is -2.19. The first kappa shape index (κ1) is 20.1. The lowest BCUT2D eigenvalue weighted by molar-refractivity contribution is 0.0951. The summed E-state index contributed by atoms with van der Waals surface area (Å²) in [6.07, 6.45) is 1.43. The molecule has 144 valence electrons. The zero-order valence-electron chi connectivity index (χ0n) is 15.1. The molecule has 0 unspecified atom stereocenters. The number of rotatable bonds is 6. The molecule has 0 radical (unpaired) electrons. The Morgan fingerprint density at radius 2 is 1.86 bits per heavy atom. The molecule has 1 N–H and O–H groups in total. The topological polar surface area (TPSA) is 74.5 Å². The quantitative estimate of drug-likeness (QED) is 0.475. The molecule has 0 spiro atoms. The number of hydrogen-bond acceptors (Lipinski definition) is 4. The van der Waals surface area contributed by atoms with Crippen LogP contribution in [0, 0.1) is 17.1 Å². The highest BCUT2D eigenvalue weighted by Crippen LogP contribution is 2.15. The lowest BCUT2D eigenvalue weighted by Gasteiger charge is -2.06. The maximum atomic E-state index is 13.8. The van der Waals surface area contributed by atoms with E-state index in [0.717, 1.165) is 17.2 Å². The maximum Gasteiger partial charge on any atom is 0.274 e. The smallest absolute Gasteiger partial charge is 0.274 e. The van der Waals surface area contributed by atoms with Gasteiger partial charge in [0, 0.05) is 5.02 Å². The van der Waals surface area contributed by atoms with Crippen LogP contribution < -0.4 is 10.2 Å². The molecule has 3 aromatic rings. The van der Waals surface area contributed by atoms with E-state index < -0.39 is 11.7 Å². The summed E-state index contributed by atoms with van der Waals surface area (Å²) in [6, 6.07) is 19.9. The fraction of sp³-hybridized carbons (Fsp3) is 0.0455. The highest BCUT2D eigenvalue weighted by atomic mass is 35.5. The minimum atomic E-state index is -0.779. The zero-order chi connectivity index (χ0) is 20.6. The first-order chi connectivity index (χ1) is 14.0. The number of benzene rings is 3. The van der Waals surface area contributed by atoms with Crippen LogP contribution in [0.2, 0.25) is 5.02 Å². The van der Waals surface area contributed by atoms with Crippen LogP contribution in [0.4, 0.5) is 4.39 Å². The normalized spacial score (nSPS) is 10.5. The molecule has 0 fully saturated rings. The Labute approximate surface area is 172 Å². The van der Waals surface area contributed by atoms with Crippen molar-refractivity contribution in [3.8, 4) is 11.8 Å². The van der Waals surface area contributed by atoms with Gasteiger partial charge in [0.05, 0.1) is 23.4 Å². The number of amides is 1. The second kappa shape index (κ2) is 9.49. The third-order valence-electron chi connectivity index (χ3n) is 3.92. The molecule has 1 amide bonds. The van der Waals surface area contributed by atoms with Crippen molar-refractivity contribution < 1.29 is 13.9 Å². The van der Waals surface area contributed by atoms with Crippen molar-refractivity contribution in [1.82, 2.24) is 5.43 Å². The highest BCUT2D eigenvalue weighted by Gasteiger charge is 2.11. The third kappa shape index (κ3) is 5.64. The standard InChI is InChI=1S/C22H15ClFN3O2/c23-18-6-1-16(2-7-18)14-29-19-8-3-15(4-9-19)13-26-27-22(28)20-10-5-17(12-25)11-21(20)24/h1-11,13H,14H2,(H,27,28)/b26-13-. The van der Waals surface area contributed by atoms with E-state index in [0.29, 0.717) is 17.4 Å². The summed E-state index contributed by atoms with van der Waals surface area (Å²) in [5.41, 5.74) is 3.93. The van der Waals surface area contributed by atoms with E-state index in [4.69, 9.17) is 21.6 Å². The number of carbonyl (C=O) groups is 1. The van der Waals surface area contributed by atoms with E-state index in [-0.39, 0.29) is 11.1 Å². The van der Waals surface area contributed by atoms with Gasteiger partial charge >= 0.3 is 0 Å². The first-order valence-electron chi connectivity index (χ1n) is 8.55. The van der Waals surface area contributed by atoms with Gasteiger partial charge in [-0.2, -0.15) is 10.4 Å². The molecule has 0 atom stereocenters. The van der Waals surface area contributed by atoms with E-state index in [9.17, 15) is 9.18 Å². The number of nitrogens with one attached hydrogen (secondary N) is 1. The second-order valence-corrected chi connectivity index (χ2v) is 6.43. The number of hydrogen-bond donors (Lipinski definition) is 1. The Morgan fingerprint density at radius 3 is 2.52 bits per heavy atom. The minimum Gasteiger partial charge on any atom is -0.489 e. The predicted molar refractivity (Wildman–Crippen MR) is 108 cm³/mol. The van der Waals surface area contributed by atoms with Gasteiger partial charge in [0.1, 0.15) is 18.2 Å². The van der Waals surface area contributed by atoms with Crippen LogP contribution in [-0.4, -0.2) is 12.1 Å². The molecule has 3 rings (SSSR count). The number of hydrazone groups is 1. The Bertz CT molecular complexity index is 1070. The average Bonchev–Trinajstić information content (AvgIpc) is 2.74. The SMILES string of the molecule is N#Cc1ccc(C(=O)N/N=C\c2ccc(OCc3ccc(Cl)cc3)cc2)c(F)c1. The van der Waals surface area contributed by atoms with Crippen LogP contribution >= 0.6 is 11.6 Å². The molecule has 0 saturated carbocycles. The third-order valence-corrected chi connectivity index (χ3v) is 4.17. The first-order valence-corrected chi connectivity index (χ1v) is 8.93. The largest absolute Gasteiger partial charge is 0.489 e. The van der Waals surface area contributed by atoms with Crippen LogP contribution in [0.5, 0.6) is 5.75 Å². The molecule has 0 aromatic heterocycles. The van der Waals surface area contributed by atoms with Gasteiger partial charge in [-0.3, -0.25) is 4.79 Å². The van der Waals surface area contributed by atoms with Crippen molar-refractivity contribution in [2.75, 3.05) is 0 Å². The number of nitrogens with zero attached hydrogens (tertiary/aromatic N) is 2. The average molecular weight is 408 g/mol. The molecule has 29 heavy (non-hydrogen) atoms. The van der Waals surface area contributed by atoms with Crippen LogP contribution in [-0.2, 0) is 6.61 Å². The lowest BCUT2D eigenvalue weighted by atomic mass is 10.1. The van der Waals surface area contributed by atoms with Gasteiger partial charge in [0.2, 0.25) is 0 Å². The van der Waals surface area contributed by atoms with Gasteiger partial charge in [0.25, 0.3) is 5.91 Å². The Hall–Kier alpha value is -3.69. The molecule has 0 aliphatic carbocycles. The van der Waals surface area contributed by atoms with Crippen molar-refractivity contribution in [2.24, 2.45) is 5.10 Å². The zero-order valence-corrected chi connectivity index (χ0v) is 15.9. The Kier molecular flexibility index (Phi) is 6.56. The molecular weight excluding hydrogens is 393 g/mol. The minimum absolute atomic E-state index is 0.140. The van der Waals surface area contributed by atoms with E-state index in [1.807, 2.05) is 12.1 Å². The summed E-state index contributed by atoms with van der Waals surface area (Å²) < 4.78 is 19.5. The van der Waals surface area contributed by atoms with E-state index in [2.05, 4.69) is 10.5 Å². The highest BCUT2D eigenvalue weighted by molar-refractivity contribution is 6.30. The molecule has 0 heterocycles. The van der Waals surface area contributed by atoms with Gasteiger partial charge in [0.15, 0.2) is 0 Å². The van der Waals surface area contributed by atoms with E-state index in [1.165, 1.54) is 18.3 Å². The van der Waals surface area contributed by atoms with Gasteiger partial charge in [-0.15, -0.1) is 0 Å². The summed E-state index contributed by atoms with van der Waals surface area (Å²) in [4.78, 5) is 12.0. The number of ether oxygens (including phenoxy) is 1. The van der Waals surface area contributed by atoms with Gasteiger partial charge in [-0.1, -0.05) is 23.7 Å². The molecular formula is C22H15ClFN3O2. The van der Waals surface area contributed by atoms with E-state index >= 15 is 0 Å². The predicted octanol–water partition coefficient (Wildman–Crippen LogP) is 4.69. The van der Waals surface area contributed by atoms with Crippen molar-refractivity contribution in [3.05, 3.63) is 99.8 Å². The molecule has 0 bridgehead atoms. The van der Waals surface area contributed by atoms with Crippen LogP contribution in [0.1, 0.15) is 27.0 Å². The van der Waals surface area contributed by atoms with Gasteiger partial charge in [-0.05, 0) is 65.7 Å². The van der Waals surface area contributed by atoms with Crippen LogP contribution in [0.15, 0.2) is 71.8 Å². The molecule has 7 heteroatoms. The number of nitriles is 1. The summed E-state index contributed by atoms with van der Waals surface area (Å²) in [5.74, 6) is -0.800. The maximum absolute atomic E-state index is 13.8.